The van der Waals surface area contributed by atoms with E-state index in [4.69, 9.17) is 4.98 Å². The number of nitrogens with one attached hydrogen (secondary N) is 1. The van der Waals surface area contributed by atoms with Crippen LogP contribution in [0, 0.1) is 5.92 Å². The fourth-order valence-electron chi connectivity index (χ4n) is 5.91. The van der Waals surface area contributed by atoms with Crippen LogP contribution in [0.15, 0.2) is 41.3 Å². The van der Waals surface area contributed by atoms with Gasteiger partial charge in [0.2, 0.25) is 5.91 Å². The minimum absolute atomic E-state index is 0.0878. The third kappa shape index (κ3) is 5.18. The molecule has 2 aliphatic rings. The predicted molar refractivity (Wildman–Crippen MR) is 143 cm³/mol. The van der Waals surface area contributed by atoms with Crippen LogP contribution in [0.25, 0.3) is 11.0 Å². The third-order valence-electron chi connectivity index (χ3n) is 8.05. The predicted octanol–water partition coefficient (Wildman–Crippen LogP) is 2.93. The lowest BCUT2D eigenvalue weighted by molar-refractivity contribution is -0.122. The highest BCUT2D eigenvalue weighted by Gasteiger charge is 2.31. The van der Waals surface area contributed by atoms with Crippen LogP contribution < -0.4 is 15.8 Å². The molecule has 3 aromatic rings. The lowest BCUT2D eigenvalue weighted by Gasteiger charge is -2.33. The Hall–Kier alpha value is -3.66. The second-order valence-corrected chi connectivity index (χ2v) is 10.5. The molecule has 3 heterocycles. The van der Waals surface area contributed by atoms with E-state index in [1.807, 2.05) is 23.6 Å². The quantitative estimate of drug-likeness (QED) is 0.438. The number of aromatic nitrogens is 3. The van der Waals surface area contributed by atoms with Gasteiger partial charge in [-0.2, -0.15) is 0 Å². The Morgan fingerprint density at radius 3 is 2.61 bits per heavy atom. The molecule has 0 saturated heterocycles. The summed E-state index contributed by atoms with van der Waals surface area (Å²) in [4.78, 5) is 43.8. The van der Waals surface area contributed by atoms with Crippen molar-refractivity contribution in [3.63, 3.8) is 0 Å². The van der Waals surface area contributed by atoms with Crippen molar-refractivity contribution in [3.8, 4) is 0 Å². The number of aryl methyl sites for hydroxylation is 3. The third-order valence-corrected chi connectivity index (χ3v) is 8.05. The molecule has 2 amide bonds. The summed E-state index contributed by atoms with van der Waals surface area (Å²) >= 11 is 0. The second-order valence-electron chi connectivity index (χ2n) is 10.5. The van der Waals surface area contributed by atoms with Crippen LogP contribution in [0.4, 0.5) is 10.5 Å². The number of rotatable bonds is 7. The topological polar surface area (TPSA) is 130 Å². The van der Waals surface area contributed by atoms with E-state index in [1.165, 1.54) is 11.0 Å². The highest BCUT2D eigenvalue weighted by molar-refractivity contribution is 5.95. The average Bonchev–Trinajstić information content (AvgIpc) is 3.25. The first-order chi connectivity index (χ1) is 18.4. The molecule has 1 aliphatic carbocycles. The molecular weight excluding hydrogens is 486 g/mol. The Bertz CT molecular complexity index is 1390. The SMILES string of the molecule is C[C@H]1CCc2c(ccc3c2nc(CCn2ccccc2=O)n3CC(=O)NC2CCC(CO)CC2)N1C(=O)O. The summed E-state index contributed by atoms with van der Waals surface area (Å²) in [6, 6.07) is 8.65. The summed E-state index contributed by atoms with van der Waals surface area (Å²) in [5.41, 5.74) is 2.92. The lowest BCUT2D eigenvalue weighted by atomic mass is 9.86. The van der Waals surface area contributed by atoms with Gasteiger partial charge >= 0.3 is 6.09 Å². The molecule has 10 nitrogen and oxygen atoms in total. The number of carbonyl (C=O) groups is 2. The zero-order valence-corrected chi connectivity index (χ0v) is 21.7. The molecule has 10 heteroatoms. The summed E-state index contributed by atoms with van der Waals surface area (Å²) in [6.07, 6.45) is 6.08. The monoisotopic (exact) mass is 521 g/mol. The van der Waals surface area contributed by atoms with Crippen LogP contribution in [-0.4, -0.2) is 55.0 Å². The number of hydrogen-bond donors (Lipinski definition) is 3. The molecule has 202 valence electrons. The van der Waals surface area contributed by atoms with E-state index >= 15 is 0 Å². The molecule has 0 radical (unpaired) electrons. The zero-order chi connectivity index (χ0) is 26.8. The number of carbonyl (C=O) groups excluding carboxylic acids is 1. The standard InChI is InChI=1S/C28H35N5O5/c1-18-5-10-21-22(33(18)28(37)38)11-12-23-27(21)30-24(13-15-31-14-3-2-4-26(31)36)32(23)16-25(35)29-20-8-6-19(17-34)7-9-20/h2-4,11-12,14,18-20,34H,5-10,13,15-17H2,1H3,(H,29,35)(H,37,38)/t18-,19?,20?/m0/s1. The maximum absolute atomic E-state index is 13.2. The van der Waals surface area contributed by atoms with Crippen LogP contribution >= 0.6 is 0 Å². The van der Waals surface area contributed by atoms with Gasteiger partial charge in [0.1, 0.15) is 12.4 Å². The van der Waals surface area contributed by atoms with E-state index in [9.17, 15) is 24.6 Å². The highest BCUT2D eigenvalue weighted by Crippen LogP contribution is 2.36. The van der Waals surface area contributed by atoms with Crippen molar-refractivity contribution in [3.05, 3.63) is 58.3 Å². The first kappa shape index (κ1) is 26.0. The molecule has 5 rings (SSSR count). The van der Waals surface area contributed by atoms with Gasteiger partial charge in [0.25, 0.3) is 5.56 Å². The van der Waals surface area contributed by atoms with E-state index < -0.39 is 6.09 Å². The van der Waals surface area contributed by atoms with Crippen LogP contribution in [0.5, 0.6) is 0 Å². The number of hydrogen-bond acceptors (Lipinski definition) is 5. The molecule has 3 N–H and O–H groups in total. The molecule has 38 heavy (non-hydrogen) atoms. The summed E-state index contributed by atoms with van der Waals surface area (Å²) in [5, 5.41) is 22.4. The Labute approximate surface area is 220 Å². The number of carboxylic acid groups (broad SMARTS) is 1. The Kier molecular flexibility index (Phi) is 7.51. The minimum Gasteiger partial charge on any atom is -0.465 e. The molecule has 1 saturated carbocycles. The van der Waals surface area contributed by atoms with Crippen LogP contribution in [0.1, 0.15) is 50.4 Å². The van der Waals surface area contributed by atoms with Gasteiger partial charge in [-0.05, 0) is 69.6 Å². The highest BCUT2D eigenvalue weighted by atomic mass is 16.4. The van der Waals surface area contributed by atoms with Crippen molar-refractivity contribution in [1.82, 2.24) is 19.4 Å². The average molecular weight is 522 g/mol. The number of imidazole rings is 1. The van der Waals surface area contributed by atoms with E-state index in [-0.39, 0.29) is 36.7 Å². The lowest BCUT2D eigenvalue weighted by Crippen LogP contribution is -2.41. The molecule has 0 unspecified atom stereocenters. The molecule has 0 bridgehead atoms. The van der Waals surface area contributed by atoms with Gasteiger partial charge in [-0.25, -0.2) is 9.78 Å². The van der Waals surface area contributed by atoms with Crippen LogP contribution in [-0.2, 0) is 30.7 Å². The van der Waals surface area contributed by atoms with Crippen molar-refractivity contribution in [2.24, 2.45) is 5.92 Å². The van der Waals surface area contributed by atoms with Gasteiger partial charge in [0.15, 0.2) is 0 Å². The summed E-state index contributed by atoms with van der Waals surface area (Å²) < 4.78 is 3.52. The Morgan fingerprint density at radius 1 is 1.11 bits per heavy atom. The number of anilines is 1. The van der Waals surface area contributed by atoms with Gasteiger partial charge in [-0.15, -0.1) is 0 Å². The van der Waals surface area contributed by atoms with Crippen LogP contribution in [0.2, 0.25) is 0 Å². The normalized spacial score (nSPS) is 21.3. The second kappa shape index (κ2) is 11.0. The van der Waals surface area contributed by atoms with E-state index in [1.54, 1.807) is 22.9 Å². The Balaban J connectivity index is 1.46. The van der Waals surface area contributed by atoms with Gasteiger partial charge in [-0.3, -0.25) is 14.5 Å². The maximum atomic E-state index is 13.2. The number of benzene rings is 1. The Morgan fingerprint density at radius 2 is 1.89 bits per heavy atom. The van der Waals surface area contributed by atoms with Gasteiger partial charge in [-0.1, -0.05) is 6.07 Å². The van der Waals surface area contributed by atoms with Crippen molar-refractivity contribution in [1.29, 1.82) is 0 Å². The number of pyridine rings is 1. The minimum atomic E-state index is -0.990. The van der Waals surface area contributed by atoms with Crippen molar-refractivity contribution in [2.75, 3.05) is 11.5 Å². The van der Waals surface area contributed by atoms with Crippen molar-refractivity contribution >= 4 is 28.7 Å². The van der Waals surface area contributed by atoms with Crippen molar-refractivity contribution in [2.45, 2.75) is 77.0 Å². The summed E-state index contributed by atoms with van der Waals surface area (Å²) in [5.74, 6) is 0.894. The van der Waals surface area contributed by atoms with E-state index in [2.05, 4.69) is 5.32 Å². The number of fused-ring (bicyclic) bond motifs is 3. The number of aliphatic hydroxyl groups is 1. The fourth-order valence-corrected chi connectivity index (χ4v) is 5.91. The first-order valence-corrected chi connectivity index (χ1v) is 13.4. The molecule has 0 spiro atoms. The molecule has 2 aromatic heterocycles. The number of aliphatic hydroxyl groups excluding tert-OH is 1. The van der Waals surface area contributed by atoms with Gasteiger partial charge in [0, 0.05) is 49.5 Å². The van der Waals surface area contributed by atoms with Gasteiger partial charge in [0.05, 0.1) is 16.7 Å². The molecular formula is C28H35N5O5. The van der Waals surface area contributed by atoms with E-state index in [0.717, 1.165) is 36.8 Å². The first-order valence-electron chi connectivity index (χ1n) is 13.4. The van der Waals surface area contributed by atoms with Crippen LogP contribution in [0.3, 0.4) is 0 Å². The molecule has 1 aliphatic heterocycles. The smallest absolute Gasteiger partial charge is 0.412 e. The molecule has 1 atom stereocenters. The summed E-state index contributed by atoms with van der Waals surface area (Å²) in [6.45, 7) is 2.60. The summed E-state index contributed by atoms with van der Waals surface area (Å²) in [7, 11) is 0. The van der Waals surface area contributed by atoms with Gasteiger partial charge < -0.3 is 24.7 Å². The largest absolute Gasteiger partial charge is 0.465 e. The number of nitrogens with zero attached hydrogens (tertiary/aromatic N) is 4. The molecule has 1 fully saturated rings. The fraction of sp³-hybridized carbons (Fsp3) is 0.500. The number of amides is 2. The van der Waals surface area contributed by atoms with E-state index in [0.29, 0.717) is 48.8 Å². The maximum Gasteiger partial charge on any atom is 0.412 e. The molecule has 1 aromatic carbocycles. The zero-order valence-electron chi connectivity index (χ0n) is 21.7. The van der Waals surface area contributed by atoms with Crippen molar-refractivity contribution < 1.29 is 19.8 Å².